The SMILES string of the molecule is COC(=O)c1c(NC(=O)C(C)OC(=O)c2ccnc(Cl)c2)sc2c1CCC(C(C)(C)C)C2. The summed E-state index contributed by atoms with van der Waals surface area (Å²) < 4.78 is 10.3. The molecule has 2 atom stereocenters. The van der Waals surface area contributed by atoms with Gasteiger partial charge in [0.05, 0.1) is 18.2 Å². The van der Waals surface area contributed by atoms with E-state index in [4.69, 9.17) is 21.1 Å². The number of carbonyl (C=O) groups excluding carboxylic acids is 3. The number of nitrogens with one attached hydrogen (secondary N) is 1. The Bertz CT molecular complexity index is 1040. The Morgan fingerprint density at radius 1 is 1.28 bits per heavy atom. The summed E-state index contributed by atoms with van der Waals surface area (Å²) >= 11 is 7.19. The third-order valence-electron chi connectivity index (χ3n) is 5.73. The molecule has 1 aliphatic carbocycles. The Hall–Kier alpha value is -2.45. The van der Waals surface area contributed by atoms with Gasteiger partial charge in [0.2, 0.25) is 0 Å². The van der Waals surface area contributed by atoms with E-state index in [-0.39, 0.29) is 16.1 Å². The van der Waals surface area contributed by atoms with E-state index >= 15 is 0 Å². The molecule has 7 nitrogen and oxygen atoms in total. The molecule has 3 rings (SSSR count). The zero-order valence-corrected chi connectivity index (χ0v) is 20.4. The number of esters is 2. The lowest BCUT2D eigenvalue weighted by molar-refractivity contribution is -0.123. The fourth-order valence-electron chi connectivity index (χ4n) is 3.76. The number of amides is 1. The van der Waals surface area contributed by atoms with E-state index in [1.165, 1.54) is 43.7 Å². The molecule has 0 aromatic carbocycles. The number of carbonyl (C=O) groups is 3. The van der Waals surface area contributed by atoms with Crippen molar-refractivity contribution >= 4 is 45.8 Å². The van der Waals surface area contributed by atoms with Crippen molar-refractivity contribution in [2.75, 3.05) is 12.4 Å². The number of fused-ring (bicyclic) bond motifs is 1. The summed E-state index contributed by atoms with van der Waals surface area (Å²) in [7, 11) is 1.32. The highest BCUT2D eigenvalue weighted by Crippen LogP contribution is 2.44. The van der Waals surface area contributed by atoms with Crippen LogP contribution in [-0.2, 0) is 27.1 Å². The van der Waals surface area contributed by atoms with Crippen molar-refractivity contribution < 1.29 is 23.9 Å². The number of nitrogens with zero attached hydrogens (tertiary/aromatic N) is 1. The van der Waals surface area contributed by atoms with Crippen molar-refractivity contribution in [3.05, 3.63) is 45.1 Å². The number of hydrogen-bond donors (Lipinski definition) is 1. The predicted octanol–water partition coefficient (Wildman–Crippen LogP) is 4.92. The van der Waals surface area contributed by atoms with Crippen LogP contribution in [-0.4, -0.2) is 36.0 Å². The van der Waals surface area contributed by atoms with Crippen molar-refractivity contribution in [1.29, 1.82) is 0 Å². The maximum absolute atomic E-state index is 12.8. The van der Waals surface area contributed by atoms with Crippen molar-refractivity contribution in [1.82, 2.24) is 4.98 Å². The van der Waals surface area contributed by atoms with Gasteiger partial charge in [-0.3, -0.25) is 4.79 Å². The standard InChI is InChI=1S/C23H27ClN2O5S/c1-12(31-21(28)13-8-9-25-17(24)10-13)19(27)26-20-18(22(29)30-5)15-7-6-14(23(2,3)4)11-16(15)32-20/h8-10,12,14H,6-7,11H2,1-5H3,(H,26,27). The van der Waals surface area contributed by atoms with Crippen LogP contribution in [0.15, 0.2) is 18.3 Å². The first-order valence-corrected chi connectivity index (χ1v) is 11.6. The summed E-state index contributed by atoms with van der Waals surface area (Å²) in [5.74, 6) is -1.23. The summed E-state index contributed by atoms with van der Waals surface area (Å²) in [6.07, 6.45) is 2.86. The molecule has 172 valence electrons. The molecule has 9 heteroatoms. The first-order valence-electron chi connectivity index (χ1n) is 10.4. The average Bonchev–Trinajstić information content (AvgIpc) is 3.09. The summed E-state index contributed by atoms with van der Waals surface area (Å²) in [5.41, 5.74) is 1.68. The average molecular weight is 479 g/mol. The maximum atomic E-state index is 12.8. The number of aromatic nitrogens is 1. The fourth-order valence-corrected chi connectivity index (χ4v) is 5.25. The predicted molar refractivity (Wildman–Crippen MR) is 123 cm³/mol. The summed E-state index contributed by atoms with van der Waals surface area (Å²) in [5, 5.41) is 3.34. The van der Waals surface area contributed by atoms with E-state index in [1.807, 2.05) is 0 Å². The molecular weight excluding hydrogens is 452 g/mol. The molecule has 0 spiro atoms. The topological polar surface area (TPSA) is 94.6 Å². The van der Waals surface area contributed by atoms with E-state index < -0.39 is 23.9 Å². The van der Waals surface area contributed by atoms with Gasteiger partial charge in [-0.1, -0.05) is 32.4 Å². The summed E-state index contributed by atoms with van der Waals surface area (Å²) in [4.78, 5) is 42.5. The highest BCUT2D eigenvalue weighted by Gasteiger charge is 2.34. The van der Waals surface area contributed by atoms with E-state index in [2.05, 4.69) is 31.1 Å². The molecule has 0 saturated heterocycles. The second-order valence-electron chi connectivity index (χ2n) is 8.91. The van der Waals surface area contributed by atoms with Gasteiger partial charge >= 0.3 is 11.9 Å². The van der Waals surface area contributed by atoms with E-state index in [0.29, 0.717) is 16.5 Å². The van der Waals surface area contributed by atoms with Crippen LogP contribution in [0.1, 0.15) is 65.3 Å². The van der Waals surface area contributed by atoms with Gasteiger partial charge in [0, 0.05) is 11.1 Å². The first-order chi connectivity index (χ1) is 15.0. The van der Waals surface area contributed by atoms with Gasteiger partial charge < -0.3 is 14.8 Å². The minimum absolute atomic E-state index is 0.148. The minimum Gasteiger partial charge on any atom is -0.465 e. The number of ether oxygens (including phenoxy) is 2. The van der Waals surface area contributed by atoms with Gasteiger partial charge in [0.15, 0.2) is 6.10 Å². The molecule has 1 amide bonds. The molecule has 0 saturated carbocycles. The third kappa shape index (κ3) is 5.30. The van der Waals surface area contributed by atoms with E-state index in [0.717, 1.165) is 29.7 Å². The quantitative estimate of drug-likeness (QED) is 0.484. The third-order valence-corrected chi connectivity index (χ3v) is 7.11. The van der Waals surface area contributed by atoms with Gasteiger partial charge in [0.25, 0.3) is 5.91 Å². The molecule has 1 aliphatic rings. The zero-order valence-electron chi connectivity index (χ0n) is 18.8. The fraction of sp³-hybridized carbons (Fsp3) is 0.478. The largest absolute Gasteiger partial charge is 0.465 e. The van der Waals surface area contributed by atoms with Crippen LogP contribution in [0.2, 0.25) is 5.15 Å². The number of thiophene rings is 1. The molecular formula is C23H27ClN2O5S. The Balaban J connectivity index is 1.78. The van der Waals surface area contributed by atoms with Crippen molar-refractivity contribution in [2.45, 2.75) is 53.1 Å². The molecule has 2 aromatic rings. The Kier molecular flexibility index (Phi) is 7.25. The first kappa shape index (κ1) is 24.2. The van der Waals surface area contributed by atoms with Crippen LogP contribution in [0.3, 0.4) is 0 Å². The molecule has 0 aliphatic heterocycles. The molecule has 0 fully saturated rings. The van der Waals surface area contributed by atoms with E-state index in [1.54, 1.807) is 0 Å². The van der Waals surface area contributed by atoms with Crippen LogP contribution >= 0.6 is 22.9 Å². The van der Waals surface area contributed by atoms with Crippen LogP contribution in [0.25, 0.3) is 0 Å². The molecule has 1 N–H and O–H groups in total. The number of pyridine rings is 1. The van der Waals surface area contributed by atoms with Crippen molar-refractivity contribution in [3.8, 4) is 0 Å². The second kappa shape index (κ2) is 9.58. The van der Waals surface area contributed by atoms with Gasteiger partial charge in [-0.25, -0.2) is 14.6 Å². The molecule has 2 heterocycles. The smallest absolute Gasteiger partial charge is 0.341 e. The molecule has 2 unspecified atom stereocenters. The normalized spacial score (nSPS) is 16.6. The van der Waals surface area contributed by atoms with Gasteiger partial charge in [0.1, 0.15) is 10.2 Å². The van der Waals surface area contributed by atoms with Crippen LogP contribution in [0.5, 0.6) is 0 Å². The number of hydrogen-bond acceptors (Lipinski definition) is 7. The van der Waals surface area contributed by atoms with Crippen LogP contribution in [0.4, 0.5) is 5.00 Å². The summed E-state index contributed by atoms with van der Waals surface area (Å²) in [6, 6.07) is 2.82. The van der Waals surface area contributed by atoms with Crippen molar-refractivity contribution in [3.63, 3.8) is 0 Å². The monoisotopic (exact) mass is 478 g/mol. The molecule has 2 aromatic heterocycles. The number of anilines is 1. The maximum Gasteiger partial charge on any atom is 0.341 e. The van der Waals surface area contributed by atoms with Crippen LogP contribution in [0, 0.1) is 11.3 Å². The van der Waals surface area contributed by atoms with E-state index in [9.17, 15) is 14.4 Å². The Labute approximate surface area is 196 Å². The number of rotatable bonds is 5. The van der Waals surface area contributed by atoms with Gasteiger partial charge in [-0.15, -0.1) is 11.3 Å². The lowest BCUT2D eigenvalue weighted by Crippen LogP contribution is -2.30. The highest BCUT2D eigenvalue weighted by atomic mass is 35.5. The summed E-state index contributed by atoms with van der Waals surface area (Å²) in [6.45, 7) is 8.11. The lowest BCUT2D eigenvalue weighted by Gasteiger charge is -2.33. The lowest BCUT2D eigenvalue weighted by atomic mass is 9.72. The van der Waals surface area contributed by atoms with Gasteiger partial charge in [-0.2, -0.15) is 0 Å². The van der Waals surface area contributed by atoms with Gasteiger partial charge in [-0.05, 0) is 55.2 Å². The zero-order chi connectivity index (χ0) is 23.6. The van der Waals surface area contributed by atoms with Crippen molar-refractivity contribution in [2.24, 2.45) is 11.3 Å². The molecule has 32 heavy (non-hydrogen) atoms. The van der Waals surface area contributed by atoms with Crippen LogP contribution < -0.4 is 5.32 Å². The Morgan fingerprint density at radius 2 is 2.00 bits per heavy atom. The molecule has 0 bridgehead atoms. The minimum atomic E-state index is -1.08. The highest BCUT2D eigenvalue weighted by molar-refractivity contribution is 7.17. The number of halogens is 1. The number of methoxy groups -OCH3 is 1. The second-order valence-corrected chi connectivity index (χ2v) is 10.4. The molecule has 0 radical (unpaired) electrons. The Morgan fingerprint density at radius 3 is 2.62 bits per heavy atom.